The number of benzene rings is 1. The smallest absolute Gasteiger partial charge is 0.346 e. The highest BCUT2D eigenvalue weighted by atomic mass is 35.5. The van der Waals surface area contributed by atoms with Gasteiger partial charge in [0, 0.05) is 22.2 Å². The number of amides is 1. The number of halogens is 4. The highest BCUT2D eigenvalue weighted by Gasteiger charge is 2.46. The lowest BCUT2D eigenvalue weighted by atomic mass is 10.0. The maximum atomic E-state index is 13.9. The number of rotatable bonds is 4. The third-order valence-electron chi connectivity index (χ3n) is 5.39. The Morgan fingerprint density at radius 3 is 2.30 bits per heavy atom. The largest absolute Gasteiger partial charge is 0.431 e. The van der Waals surface area contributed by atoms with E-state index in [-0.39, 0.29) is 22.8 Å². The molecule has 27 heavy (non-hydrogen) atoms. The van der Waals surface area contributed by atoms with E-state index in [9.17, 15) is 18.0 Å². The number of nitrogens with zero attached hydrogens (tertiary/aromatic N) is 1. The number of aromatic nitrogens is 1. The standard InChI is InChI=1S/C20H20ClF3N2O/c1-11-15(12-3-5-13(21)6-4-12)16(18(27)25-19(2)9-10-19)26(14-7-8-14)17(11)20(22,23)24/h3-6,14H,7-10H2,1-2H3,(H,25,27). The first-order chi connectivity index (χ1) is 12.6. The van der Waals surface area contributed by atoms with E-state index in [0.717, 1.165) is 12.8 Å². The van der Waals surface area contributed by atoms with Gasteiger partial charge in [0.25, 0.3) is 5.91 Å². The molecule has 0 bridgehead atoms. The van der Waals surface area contributed by atoms with Gasteiger partial charge in [-0.3, -0.25) is 4.79 Å². The lowest BCUT2D eigenvalue weighted by Crippen LogP contribution is -2.36. The summed E-state index contributed by atoms with van der Waals surface area (Å²) in [5.74, 6) is -0.439. The Kier molecular flexibility index (Phi) is 4.11. The van der Waals surface area contributed by atoms with Crippen molar-refractivity contribution in [3.8, 4) is 11.1 Å². The molecule has 2 aliphatic carbocycles. The second kappa shape index (κ2) is 6.03. The Morgan fingerprint density at radius 2 is 1.81 bits per heavy atom. The van der Waals surface area contributed by atoms with Crippen molar-refractivity contribution in [2.75, 3.05) is 0 Å². The van der Waals surface area contributed by atoms with Crippen LogP contribution in [0.5, 0.6) is 0 Å². The maximum Gasteiger partial charge on any atom is 0.431 e. The summed E-state index contributed by atoms with van der Waals surface area (Å²) in [7, 11) is 0. The zero-order valence-electron chi connectivity index (χ0n) is 15.1. The van der Waals surface area contributed by atoms with E-state index in [0.29, 0.717) is 29.0 Å². The van der Waals surface area contributed by atoms with Crippen LogP contribution in [0.4, 0.5) is 13.2 Å². The van der Waals surface area contributed by atoms with Gasteiger partial charge in [0.15, 0.2) is 0 Å². The third-order valence-corrected chi connectivity index (χ3v) is 5.64. The molecule has 144 valence electrons. The first kappa shape index (κ1) is 18.4. The van der Waals surface area contributed by atoms with Gasteiger partial charge in [0.1, 0.15) is 11.4 Å². The predicted octanol–water partition coefficient (Wildman–Crippen LogP) is 5.75. The van der Waals surface area contributed by atoms with Crippen LogP contribution < -0.4 is 5.32 Å². The van der Waals surface area contributed by atoms with E-state index in [1.54, 1.807) is 24.3 Å². The molecule has 1 aromatic carbocycles. The highest BCUT2D eigenvalue weighted by Crippen LogP contribution is 2.48. The van der Waals surface area contributed by atoms with Crippen molar-refractivity contribution in [3.63, 3.8) is 0 Å². The second-order valence-electron chi connectivity index (χ2n) is 7.82. The molecular weight excluding hydrogens is 377 g/mol. The van der Waals surface area contributed by atoms with E-state index in [1.807, 2.05) is 6.92 Å². The number of carbonyl (C=O) groups is 1. The van der Waals surface area contributed by atoms with Crippen molar-refractivity contribution < 1.29 is 18.0 Å². The number of hydrogen-bond donors (Lipinski definition) is 1. The van der Waals surface area contributed by atoms with Crippen molar-refractivity contribution >= 4 is 17.5 Å². The van der Waals surface area contributed by atoms with Crippen molar-refractivity contribution in [1.82, 2.24) is 9.88 Å². The summed E-state index contributed by atoms with van der Waals surface area (Å²) >= 11 is 5.94. The predicted molar refractivity (Wildman–Crippen MR) is 98.0 cm³/mol. The minimum atomic E-state index is -4.53. The molecule has 4 rings (SSSR count). The van der Waals surface area contributed by atoms with E-state index in [2.05, 4.69) is 5.32 Å². The van der Waals surface area contributed by atoms with Gasteiger partial charge >= 0.3 is 6.18 Å². The van der Waals surface area contributed by atoms with Gasteiger partial charge < -0.3 is 9.88 Å². The van der Waals surface area contributed by atoms with E-state index in [4.69, 9.17) is 11.6 Å². The Bertz CT molecular complexity index is 907. The van der Waals surface area contributed by atoms with Crippen LogP contribution in [-0.4, -0.2) is 16.0 Å². The molecule has 1 heterocycles. The molecule has 0 unspecified atom stereocenters. The molecule has 0 atom stereocenters. The fourth-order valence-corrected chi connectivity index (χ4v) is 3.72. The summed E-state index contributed by atoms with van der Waals surface area (Å²) in [6.07, 6.45) is -1.56. The number of hydrogen-bond acceptors (Lipinski definition) is 1. The van der Waals surface area contributed by atoms with Crippen molar-refractivity contribution in [2.24, 2.45) is 0 Å². The van der Waals surface area contributed by atoms with Crippen LogP contribution in [0.3, 0.4) is 0 Å². The summed E-state index contributed by atoms with van der Waals surface area (Å²) in [5, 5.41) is 3.42. The van der Waals surface area contributed by atoms with Gasteiger partial charge in [0.05, 0.1) is 0 Å². The maximum absolute atomic E-state index is 13.9. The molecule has 1 amide bonds. The number of nitrogens with one attached hydrogen (secondary N) is 1. The Morgan fingerprint density at radius 1 is 1.22 bits per heavy atom. The normalized spacial score (nSPS) is 18.4. The van der Waals surface area contributed by atoms with Crippen LogP contribution in [-0.2, 0) is 6.18 Å². The molecule has 0 saturated heterocycles. The zero-order valence-corrected chi connectivity index (χ0v) is 15.8. The van der Waals surface area contributed by atoms with Crippen molar-refractivity contribution in [2.45, 2.75) is 57.3 Å². The molecule has 0 spiro atoms. The molecule has 0 aliphatic heterocycles. The van der Waals surface area contributed by atoms with Crippen LogP contribution >= 0.6 is 11.6 Å². The van der Waals surface area contributed by atoms with Crippen LogP contribution in [0, 0.1) is 6.92 Å². The first-order valence-electron chi connectivity index (χ1n) is 9.01. The van der Waals surface area contributed by atoms with Gasteiger partial charge in [-0.1, -0.05) is 23.7 Å². The zero-order chi connectivity index (χ0) is 19.6. The molecule has 0 radical (unpaired) electrons. The second-order valence-corrected chi connectivity index (χ2v) is 8.25. The van der Waals surface area contributed by atoms with E-state index >= 15 is 0 Å². The lowest BCUT2D eigenvalue weighted by molar-refractivity contribution is -0.144. The van der Waals surface area contributed by atoms with Gasteiger partial charge in [-0.05, 0) is 62.8 Å². The Hall–Kier alpha value is -1.95. The van der Waals surface area contributed by atoms with E-state index in [1.165, 1.54) is 11.5 Å². The van der Waals surface area contributed by atoms with Gasteiger partial charge in [-0.25, -0.2) is 0 Å². The topological polar surface area (TPSA) is 34.0 Å². The lowest BCUT2D eigenvalue weighted by Gasteiger charge is -2.17. The van der Waals surface area contributed by atoms with Crippen LogP contribution in [0.15, 0.2) is 24.3 Å². The molecule has 1 aromatic heterocycles. The van der Waals surface area contributed by atoms with E-state index < -0.39 is 17.8 Å². The fraction of sp³-hybridized carbons (Fsp3) is 0.450. The number of alkyl halides is 3. The minimum absolute atomic E-state index is 0.0859. The average molecular weight is 397 g/mol. The fourth-order valence-electron chi connectivity index (χ4n) is 3.59. The molecule has 7 heteroatoms. The average Bonchev–Trinajstić information content (AvgIpc) is 3.48. The van der Waals surface area contributed by atoms with Crippen LogP contribution in [0.2, 0.25) is 5.02 Å². The van der Waals surface area contributed by atoms with Crippen molar-refractivity contribution in [3.05, 3.63) is 46.2 Å². The summed E-state index contributed by atoms with van der Waals surface area (Å²) < 4.78 is 43.0. The molecule has 2 aromatic rings. The highest BCUT2D eigenvalue weighted by molar-refractivity contribution is 6.30. The first-order valence-corrected chi connectivity index (χ1v) is 9.39. The summed E-state index contributed by atoms with van der Waals surface area (Å²) in [4.78, 5) is 13.1. The van der Waals surface area contributed by atoms with Crippen molar-refractivity contribution in [1.29, 1.82) is 0 Å². The Labute approximate surface area is 160 Å². The Balaban J connectivity index is 1.95. The molecule has 2 aliphatic rings. The van der Waals surface area contributed by atoms with Gasteiger partial charge in [0.2, 0.25) is 0 Å². The van der Waals surface area contributed by atoms with Gasteiger partial charge in [-0.15, -0.1) is 0 Å². The van der Waals surface area contributed by atoms with Crippen LogP contribution in [0.25, 0.3) is 11.1 Å². The quantitative estimate of drug-likeness (QED) is 0.701. The minimum Gasteiger partial charge on any atom is -0.346 e. The van der Waals surface area contributed by atoms with Gasteiger partial charge in [-0.2, -0.15) is 13.2 Å². The summed E-state index contributed by atoms with van der Waals surface area (Å²) in [5.41, 5.74) is 0.0569. The number of carbonyl (C=O) groups excluding carboxylic acids is 1. The molecule has 3 nitrogen and oxygen atoms in total. The molecule has 2 saturated carbocycles. The summed E-state index contributed by atoms with van der Waals surface area (Å²) in [6.45, 7) is 3.36. The third kappa shape index (κ3) is 3.35. The molecular formula is C20H20ClF3N2O. The van der Waals surface area contributed by atoms with Crippen LogP contribution in [0.1, 0.15) is 60.4 Å². The SMILES string of the molecule is Cc1c(-c2ccc(Cl)cc2)c(C(=O)NC2(C)CC2)n(C2CC2)c1C(F)(F)F. The monoisotopic (exact) mass is 396 g/mol. The molecule has 2 fully saturated rings. The molecule has 1 N–H and O–H groups in total. The summed E-state index contributed by atoms with van der Waals surface area (Å²) in [6, 6.07) is 6.30.